The molecular formula is C33H44N2O7. The van der Waals surface area contributed by atoms with Crippen LogP contribution in [0.1, 0.15) is 63.6 Å². The lowest BCUT2D eigenvalue weighted by molar-refractivity contribution is -0.140. The number of aliphatic hydroxyl groups excluding tert-OH is 1. The van der Waals surface area contributed by atoms with Gasteiger partial charge in [-0.15, -0.1) is 0 Å². The van der Waals surface area contributed by atoms with E-state index in [-0.39, 0.29) is 11.3 Å². The van der Waals surface area contributed by atoms with Gasteiger partial charge in [-0.05, 0) is 61.7 Å². The minimum Gasteiger partial charge on any atom is -0.507 e. The lowest BCUT2D eigenvalue weighted by atomic mass is 9.95. The fraction of sp³-hybridized carbons (Fsp3) is 0.515. The van der Waals surface area contributed by atoms with E-state index in [1.807, 2.05) is 32.0 Å². The van der Waals surface area contributed by atoms with E-state index in [1.165, 1.54) is 0 Å². The number of Topliss-reactive ketones (excluding diaryl/α,β-unsaturated/α-hetero) is 1. The SMILES string of the molecule is CCCCCOc1ccc(C2/C(=C(\O)c3ccc(OCCC)cc3)C(=O)C(=O)N2CCN2CCOCC2)cc1OCC. The summed E-state index contributed by atoms with van der Waals surface area (Å²) in [6.45, 7) is 11.4. The molecule has 2 saturated heterocycles. The molecule has 2 heterocycles. The van der Waals surface area contributed by atoms with Crippen molar-refractivity contribution >= 4 is 17.4 Å². The van der Waals surface area contributed by atoms with Gasteiger partial charge in [-0.1, -0.05) is 32.8 Å². The standard InChI is InChI=1S/C33H44N2O7/c1-4-7-8-20-42-27-14-11-25(23-28(27)40-6-3)30-29(31(36)24-9-12-26(13-10-24)41-19-5-2)32(37)33(38)35(30)16-15-34-17-21-39-22-18-34/h9-14,23,30,36H,4-8,15-22H2,1-3H3/b31-29+. The van der Waals surface area contributed by atoms with E-state index in [2.05, 4.69) is 11.8 Å². The van der Waals surface area contributed by atoms with Gasteiger partial charge in [0, 0.05) is 31.7 Å². The second-order valence-electron chi connectivity index (χ2n) is 10.5. The van der Waals surface area contributed by atoms with Gasteiger partial charge in [0.2, 0.25) is 0 Å². The molecule has 228 valence electrons. The van der Waals surface area contributed by atoms with Crippen molar-refractivity contribution in [2.45, 2.75) is 52.5 Å². The molecule has 0 spiro atoms. The molecule has 42 heavy (non-hydrogen) atoms. The maximum Gasteiger partial charge on any atom is 0.295 e. The van der Waals surface area contributed by atoms with Crippen LogP contribution in [0.15, 0.2) is 48.0 Å². The minimum absolute atomic E-state index is 0.0586. The van der Waals surface area contributed by atoms with Crippen molar-refractivity contribution < 1.29 is 33.6 Å². The average Bonchev–Trinajstić information content (AvgIpc) is 3.27. The second kappa shape index (κ2) is 15.6. The summed E-state index contributed by atoms with van der Waals surface area (Å²) in [5.74, 6) is 0.283. The Kier molecular flexibility index (Phi) is 11.7. The molecule has 1 unspecified atom stereocenters. The molecule has 0 radical (unpaired) electrons. The van der Waals surface area contributed by atoms with Crippen LogP contribution in [0.5, 0.6) is 17.2 Å². The summed E-state index contributed by atoms with van der Waals surface area (Å²) in [4.78, 5) is 30.8. The first-order valence-electron chi connectivity index (χ1n) is 15.2. The number of ketones is 1. The Morgan fingerprint density at radius 3 is 2.33 bits per heavy atom. The molecule has 2 aliphatic heterocycles. The van der Waals surface area contributed by atoms with E-state index in [4.69, 9.17) is 18.9 Å². The van der Waals surface area contributed by atoms with Crippen molar-refractivity contribution in [2.24, 2.45) is 0 Å². The molecule has 4 rings (SSSR count). The summed E-state index contributed by atoms with van der Waals surface area (Å²) < 4.78 is 23.1. The predicted molar refractivity (Wildman–Crippen MR) is 161 cm³/mol. The van der Waals surface area contributed by atoms with E-state index in [0.29, 0.717) is 74.5 Å². The zero-order chi connectivity index (χ0) is 29.9. The summed E-state index contributed by atoms with van der Waals surface area (Å²) in [5, 5.41) is 11.5. The number of likely N-dealkylation sites (tertiary alicyclic amines) is 1. The molecule has 1 amide bonds. The van der Waals surface area contributed by atoms with Gasteiger partial charge in [0.25, 0.3) is 11.7 Å². The number of ether oxygens (including phenoxy) is 4. The first-order chi connectivity index (χ1) is 20.5. The third-order valence-corrected chi connectivity index (χ3v) is 7.49. The number of carbonyl (C=O) groups is 2. The van der Waals surface area contributed by atoms with E-state index < -0.39 is 17.7 Å². The number of unbranched alkanes of at least 4 members (excludes halogenated alkanes) is 2. The Bertz CT molecular complexity index is 1220. The molecule has 1 N–H and O–H groups in total. The van der Waals surface area contributed by atoms with Crippen LogP contribution in [-0.2, 0) is 14.3 Å². The number of rotatable bonds is 15. The molecular weight excluding hydrogens is 536 g/mol. The van der Waals surface area contributed by atoms with Gasteiger partial charge >= 0.3 is 0 Å². The highest BCUT2D eigenvalue weighted by molar-refractivity contribution is 6.46. The third kappa shape index (κ3) is 7.63. The first-order valence-corrected chi connectivity index (χ1v) is 15.2. The van der Waals surface area contributed by atoms with Crippen LogP contribution in [0.2, 0.25) is 0 Å². The molecule has 2 aromatic rings. The molecule has 9 heteroatoms. The number of carbonyl (C=O) groups excluding carboxylic acids is 2. The quantitative estimate of drug-likeness (QED) is 0.133. The maximum atomic E-state index is 13.5. The number of hydrogen-bond acceptors (Lipinski definition) is 8. The largest absolute Gasteiger partial charge is 0.507 e. The van der Waals surface area contributed by atoms with Gasteiger partial charge in [0.15, 0.2) is 11.5 Å². The molecule has 0 bridgehead atoms. The van der Waals surface area contributed by atoms with Crippen LogP contribution in [0, 0.1) is 0 Å². The molecule has 2 fully saturated rings. The van der Waals surface area contributed by atoms with Crippen LogP contribution in [0.25, 0.3) is 5.76 Å². The van der Waals surface area contributed by atoms with Crippen molar-refractivity contribution in [3.05, 3.63) is 59.2 Å². The number of nitrogens with zero attached hydrogens (tertiary/aromatic N) is 2. The van der Waals surface area contributed by atoms with E-state index in [0.717, 1.165) is 38.8 Å². The molecule has 0 aromatic heterocycles. The van der Waals surface area contributed by atoms with Crippen molar-refractivity contribution in [2.75, 3.05) is 59.2 Å². The molecule has 2 aliphatic rings. The van der Waals surface area contributed by atoms with Crippen LogP contribution >= 0.6 is 0 Å². The molecule has 9 nitrogen and oxygen atoms in total. The number of hydrogen-bond donors (Lipinski definition) is 1. The van der Waals surface area contributed by atoms with Crippen LogP contribution in [0.4, 0.5) is 0 Å². The summed E-state index contributed by atoms with van der Waals surface area (Å²) in [5.41, 5.74) is 1.17. The molecule has 0 saturated carbocycles. The Morgan fingerprint density at radius 2 is 1.64 bits per heavy atom. The number of benzene rings is 2. The smallest absolute Gasteiger partial charge is 0.295 e. The summed E-state index contributed by atoms with van der Waals surface area (Å²) in [6, 6.07) is 11.6. The Hall–Kier alpha value is -3.56. The summed E-state index contributed by atoms with van der Waals surface area (Å²) >= 11 is 0. The van der Waals surface area contributed by atoms with Gasteiger partial charge in [-0.25, -0.2) is 0 Å². The third-order valence-electron chi connectivity index (χ3n) is 7.49. The first kappa shape index (κ1) is 31.4. The second-order valence-corrected chi connectivity index (χ2v) is 10.5. The van der Waals surface area contributed by atoms with Crippen molar-refractivity contribution in [1.82, 2.24) is 9.80 Å². The van der Waals surface area contributed by atoms with Crippen LogP contribution < -0.4 is 14.2 Å². The van der Waals surface area contributed by atoms with Crippen molar-refractivity contribution in [1.29, 1.82) is 0 Å². The molecule has 0 aliphatic carbocycles. The van der Waals surface area contributed by atoms with E-state index >= 15 is 0 Å². The van der Waals surface area contributed by atoms with E-state index in [9.17, 15) is 14.7 Å². The van der Waals surface area contributed by atoms with Gasteiger partial charge in [-0.2, -0.15) is 0 Å². The summed E-state index contributed by atoms with van der Waals surface area (Å²) in [7, 11) is 0. The number of aliphatic hydroxyl groups is 1. The van der Waals surface area contributed by atoms with Crippen LogP contribution in [-0.4, -0.2) is 85.8 Å². The van der Waals surface area contributed by atoms with Gasteiger partial charge in [0.05, 0.1) is 44.6 Å². The number of morpholine rings is 1. The molecule has 1 atom stereocenters. The zero-order valence-electron chi connectivity index (χ0n) is 25.1. The van der Waals surface area contributed by atoms with Gasteiger partial charge in [0.1, 0.15) is 11.5 Å². The highest BCUT2D eigenvalue weighted by atomic mass is 16.5. The summed E-state index contributed by atoms with van der Waals surface area (Å²) in [6.07, 6.45) is 3.99. The van der Waals surface area contributed by atoms with Crippen molar-refractivity contribution in [3.8, 4) is 17.2 Å². The van der Waals surface area contributed by atoms with Crippen LogP contribution in [0.3, 0.4) is 0 Å². The molecule has 2 aromatic carbocycles. The Balaban J connectivity index is 1.71. The van der Waals surface area contributed by atoms with Gasteiger partial charge < -0.3 is 29.0 Å². The number of amides is 1. The highest BCUT2D eigenvalue weighted by Crippen LogP contribution is 2.42. The van der Waals surface area contributed by atoms with Crippen molar-refractivity contribution in [3.63, 3.8) is 0 Å². The lowest BCUT2D eigenvalue weighted by Gasteiger charge is -2.31. The monoisotopic (exact) mass is 580 g/mol. The maximum absolute atomic E-state index is 13.5. The minimum atomic E-state index is -0.782. The fourth-order valence-corrected chi connectivity index (χ4v) is 5.23. The predicted octanol–water partition coefficient (Wildman–Crippen LogP) is 5.20. The lowest BCUT2D eigenvalue weighted by Crippen LogP contribution is -2.42. The topological polar surface area (TPSA) is 97.8 Å². The van der Waals surface area contributed by atoms with Gasteiger partial charge in [-0.3, -0.25) is 14.5 Å². The Labute approximate surface area is 249 Å². The normalized spacial score (nSPS) is 18.8. The Morgan fingerprint density at radius 1 is 0.881 bits per heavy atom. The fourth-order valence-electron chi connectivity index (χ4n) is 5.23. The highest BCUT2D eigenvalue weighted by Gasteiger charge is 2.46. The average molecular weight is 581 g/mol. The zero-order valence-corrected chi connectivity index (χ0v) is 25.1. The van der Waals surface area contributed by atoms with E-state index in [1.54, 1.807) is 29.2 Å².